The van der Waals surface area contributed by atoms with E-state index in [2.05, 4.69) is 42.9 Å². The molecule has 1 aromatic heterocycles. The summed E-state index contributed by atoms with van der Waals surface area (Å²) in [6.07, 6.45) is 4.65. The highest BCUT2D eigenvalue weighted by Crippen LogP contribution is 2.53. The van der Waals surface area contributed by atoms with Crippen LogP contribution in [-0.2, 0) is 0 Å². The van der Waals surface area contributed by atoms with Crippen LogP contribution in [0.1, 0.15) is 50.7 Å². The van der Waals surface area contributed by atoms with Gasteiger partial charge in [-0.15, -0.1) is 0 Å². The van der Waals surface area contributed by atoms with Crippen molar-refractivity contribution < 1.29 is 0 Å². The second kappa shape index (κ2) is 6.14. The molecular weight excluding hydrogens is 270 g/mol. The van der Waals surface area contributed by atoms with Gasteiger partial charge in [-0.2, -0.15) is 5.26 Å². The lowest BCUT2D eigenvalue weighted by Crippen LogP contribution is -2.36. The van der Waals surface area contributed by atoms with Crippen molar-refractivity contribution >= 4 is 10.9 Å². The number of nitriles is 1. The van der Waals surface area contributed by atoms with E-state index in [9.17, 15) is 0 Å². The van der Waals surface area contributed by atoms with E-state index < -0.39 is 0 Å². The van der Waals surface area contributed by atoms with Crippen molar-refractivity contribution in [2.75, 3.05) is 13.1 Å². The summed E-state index contributed by atoms with van der Waals surface area (Å²) in [4.78, 5) is 5.97. The Hall–Kier alpha value is -1.79. The quantitative estimate of drug-likeness (QED) is 0.865. The van der Waals surface area contributed by atoms with E-state index in [1.165, 1.54) is 23.8 Å². The molecule has 2 aromatic rings. The minimum atomic E-state index is 0.647. The Balaban J connectivity index is 1.86. The van der Waals surface area contributed by atoms with E-state index >= 15 is 0 Å². The fourth-order valence-corrected chi connectivity index (χ4v) is 4.04. The van der Waals surface area contributed by atoms with Crippen molar-refractivity contribution in [1.82, 2.24) is 9.88 Å². The second-order valence-corrected chi connectivity index (χ2v) is 6.32. The first-order chi connectivity index (χ1) is 10.7. The van der Waals surface area contributed by atoms with Gasteiger partial charge in [-0.25, -0.2) is 0 Å². The molecule has 3 heteroatoms. The standard InChI is InChI=1S/C19H25N3/c1-4-19(22(5-2)6-3)16-10-14(16)17-12-21-18-8-7-13(11-20)9-15(17)18/h7-9,12,14,16,19,21H,4-6,10H2,1-3H3. The predicted octanol–water partition coefficient (Wildman–Crippen LogP) is 4.26. The molecule has 1 aromatic carbocycles. The van der Waals surface area contributed by atoms with E-state index in [0.717, 1.165) is 30.1 Å². The number of nitrogens with one attached hydrogen (secondary N) is 1. The maximum Gasteiger partial charge on any atom is 0.0991 e. The van der Waals surface area contributed by atoms with Crippen molar-refractivity contribution in [3.05, 3.63) is 35.5 Å². The van der Waals surface area contributed by atoms with Gasteiger partial charge < -0.3 is 9.88 Å². The molecule has 0 radical (unpaired) electrons. The number of benzene rings is 1. The monoisotopic (exact) mass is 295 g/mol. The first kappa shape index (κ1) is 15.1. The minimum absolute atomic E-state index is 0.647. The summed E-state index contributed by atoms with van der Waals surface area (Å²) in [7, 11) is 0. The SMILES string of the molecule is CCC(C1CC1c1c[nH]c2ccc(C#N)cc12)N(CC)CC. The zero-order valence-corrected chi connectivity index (χ0v) is 13.8. The van der Waals surface area contributed by atoms with Gasteiger partial charge in [-0.3, -0.25) is 0 Å². The molecule has 3 nitrogen and oxygen atoms in total. The highest BCUT2D eigenvalue weighted by Gasteiger charge is 2.45. The molecule has 116 valence electrons. The lowest BCUT2D eigenvalue weighted by molar-refractivity contribution is 0.187. The summed E-state index contributed by atoms with van der Waals surface area (Å²) in [5, 5.41) is 10.4. The van der Waals surface area contributed by atoms with E-state index in [1.54, 1.807) is 0 Å². The van der Waals surface area contributed by atoms with Crippen LogP contribution in [0.3, 0.4) is 0 Å². The molecule has 0 saturated heterocycles. The second-order valence-electron chi connectivity index (χ2n) is 6.32. The van der Waals surface area contributed by atoms with Crippen LogP contribution in [0, 0.1) is 17.2 Å². The number of hydrogen-bond acceptors (Lipinski definition) is 2. The average Bonchev–Trinajstić information content (AvgIpc) is 3.22. The molecule has 1 aliphatic rings. The highest BCUT2D eigenvalue weighted by molar-refractivity contribution is 5.85. The average molecular weight is 295 g/mol. The Morgan fingerprint density at radius 1 is 1.32 bits per heavy atom. The van der Waals surface area contributed by atoms with Crippen molar-refractivity contribution in [2.24, 2.45) is 5.92 Å². The first-order valence-electron chi connectivity index (χ1n) is 8.48. The van der Waals surface area contributed by atoms with Crippen LogP contribution in [0.5, 0.6) is 0 Å². The molecule has 0 aliphatic heterocycles. The van der Waals surface area contributed by atoms with Crippen molar-refractivity contribution in [3.8, 4) is 6.07 Å². The zero-order valence-electron chi connectivity index (χ0n) is 13.8. The van der Waals surface area contributed by atoms with Gasteiger partial charge in [0.1, 0.15) is 0 Å². The van der Waals surface area contributed by atoms with Gasteiger partial charge in [0.2, 0.25) is 0 Å². The summed E-state index contributed by atoms with van der Waals surface area (Å²) in [6, 6.07) is 8.89. The molecule has 0 bridgehead atoms. The van der Waals surface area contributed by atoms with E-state index in [1.807, 2.05) is 18.2 Å². The predicted molar refractivity (Wildman–Crippen MR) is 90.9 cm³/mol. The maximum atomic E-state index is 9.13. The first-order valence-corrected chi connectivity index (χ1v) is 8.48. The van der Waals surface area contributed by atoms with Crippen LogP contribution in [0.15, 0.2) is 24.4 Å². The molecule has 3 atom stereocenters. The number of hydrogen-bond donors (Lipinski definition) is 1. The molecule has 1 fully saturated rings. The van der Waals surface area contributed by atoms with Crippen LogP contribution < -0.4 is 0 Å². The van der Waals surface area contributed by atoms with Crippen molar-refractivity contribution in [1.29, 1.82) is 5.26 Å². The van der Waals surface area contributed by atoms with Crippen LogP contribution in [0.25, 0.3) is 10.9 Å². The Morgan fingerprint density at radius 3 is 2.73 bits per heavy atom. The molecule has 1 heterocycles. The topological polar surface area (TPSA) is 42.8 Å². The van der Waals surface area contributed by atoms with Gasteiger partial charge in [-0.1, -0.05) is 20.8 Å². The van der Waals surface area contributed by atoms with Crippen molar-refractivity contribution in [2.45, 2.75) is 45.6 Å². The maximum absolute atomic E-state index is 9.13. The molecular formula is C19H25N3. The summed E-state index contributed by atoms with van der Waals surface area (Å²) in [6.45, 7) is 9.08. The van der Waals surface area contributed by atoms with Crippen molar-refractivity contribution in [3.63, 3.8) is 0 Å². The lowest BCUT2D eigenvalue weighted by Gasteiger charge is -2.29. The highest BCUT2D eigenvalue weighted by atomic mass is 15.2. The molecule has 0 amide bonds. The third kappa shape index (κ3) is 2.53. The fraction of sp³-hybridized carbons (Fsp3) is 0.526. The van der Waals surface area contributed by atoms with E-state index in [4.69, 9.17) is 5.26 Å². The molecule has 0 spiro atoms. The molecule has 1 aliphatic carbocycles. The van der Waals surface area contributed by atoms with Crippen LogP contribution in [-0.4, -0.2) is 29.0 Å². The minimum Gasteiger partial charge on any atom is -0.361 e. The third-order valence-corrected chi connectivity index (χ3v) is 5.28. The zero-order chi connectivity index (χ0) is 15.7. The smallest absolute Gasteiger partial charge is 0.0991 e. The number of H-pyrrole nitrogens is 1. The molecule has 1 N–H and O–H groups in total. The lowest BCUT2D eigenvalue weighted by atomic mass is 10.0. The normalized spacial score (nSPS) is 22.0. The summed E-state index contributed by atoms with van der Waals surface area (Å²) < 4.78 is 0. The largest absolute Gasteiger partial charge is 0.361 e. The number of nitrogens with zero attached hydrogens (tertiary/aromatic N) is 2. The molecule has 22 heavy (non-hydrogen) atoms. The third-order valence-electron chi connectivity index (χ3n) is 5.28. The van der Waals surface area contributed by atoms with Crippen LogP contribution >= 0.6 is 0 Å². The number of rotatable bonds is 6. The number of aromatic nitrogens is 1. The van der Waals surface area contributed by atoms with Gasteiger partial charge in [-0.05, 0) is 61.5 Å². The Bertz CT molecular complexity index is 690. The van der Waals surface area contributed by atoms with Gasteiger partial charge in [0, 0.05) is 23.1 Å². The summed E-state index contributed by atoms with van der Waals surface area (Å²) >= 11 is 0. The van der Waals surface area contributed by atoms with Gasteiger partial charge >= 0.3 is 0 Å². The molecule has 3 rings (SSSR count). The Kier molecular flexibility index (Phi) is 4.22. The van der Waals surface area contributed by atoms with E-state index in [0.29, 0.717) is 12.0 Å². The fourth-order valence-electron chi connectivity index (χ4n) is 4.04. The van der Waals surface area contributed by atoms with Gasteiger partial charge in [0.15, 0.2) is 0 Å². The van der Waals surface area contributed by atoms with Gasteiger partial charge in [0.25, 0.3) is 0 Å². The summed E-state index contributed by atoms with van der Waals surface area (Å²) in [5.41, 5.74) is 3.31. The van der Waals surface area contributed by atoms with Crippen LogP contribution in [0.4, 0.5) is 0 Å². The Labute approximate surface area is 132 Å². The van der Waals surface area contributed by atoms with E-state index in [-0.39, 0.29) is 0 Å². The summed E-state index contributed by atoms with van der Waals surface area (Å²) in [5.74, 6) is 1.41. The molecule has 3 unspecified atom stereocenters. The van der Waals surface area contributed by atoms with Gasteiger partial charge in [0.05, 0.1) is 11.6 Å². The number of aromatic amines is 1. The Morgan fingerprint density at radius 2 is 2.09 bits per heavy atom. The number of fused-ring (bicyclic) bond motifs is 1. The molecule has 1 saturated carbocycles. The van der Waals surface area contributed by atoms with Crippen LogP contribution in [0.2, 0.25) is 0 Å².